The summed E-state index contributed by atoms with van der Waals surface area (Å²) >= 11 is 3.81. The van der Waals surface area contributed by atoms with Gasteiger partial charge in [-0.1, -0.05) is 0 Å². The number of rotatable bonds is 1. The van der Waals surface area contributed by atoms with Gasteiger partial charge in [0.2, 0.25) is 0 Å². The fourth-order valence-electron chi connectivity index (χ4n) is 0.716. The summed E-state index contributed by atoms with van der Waals surface area (Å²) in [5.41, 5.74) is -0.372. The molecule has 1 aromatic rings. The van der Waals surface area contributed by atoms with Gasteiger partial charge in [-0.3, -0.25) is 15.1 Å². The number of nitriles is 1. The molecule has 0 saturated heterocycles. The normalized spacial score (nSPS) is 9.00. The van der Waals surface area contributed by atoms with E-state index in [1.54, 1.807) is 6.07 Å². The second-order valence-corrected chi connectivity index (χ2v) is 2.41. The zero-order chi connectivity index (χ0) is 9.14. The fraction of sp³-hybridized carbons (Fsp3) is 0. The van der Waals surface area contributed by atoms with E-state index in [2.05, 4.69) is 17.6 Å². The molecule has 0 spiro atoms. The van der Waals surface area contributed by atoms with Gasteiger partial charge in [0.1, 0.15) is 16.5 Å². The van der Waals surface area contributed by atoms with E-state index in [9.17, 15) is 10.1 Å². The van der Waals surface area contributed by atoms with Crippen LogP contribution in [0, 0.1) is 21.4 Å². The number of hydrogen-bond donors (Lipinski definition) is 1. The molecule has 0 unspecified atom stereocenters. The van der Waals surface area contributed by atoms with Crippen molar-refractivity contribution >= 4 is 18.3 Å². The molecular formula is C6H3N3O2S. The summed E-state index contributed by atoms with van der Waals surface area (Å²) in [5, 5.41) is 18.8. The van der Waals surface area contributed by atoms with E-state index in [0.717, 1.165) is 6.20 Å². The highest BCUT2D eigenvalue weighted by atomic mass is 32.1. The quantitative estimate of drug-likeness (QED) is 0.400. The van der Waals surface area contributed by atoms with Gasteiger partial charge in [0, 0.05) is 6.20 Å². The maximum Gasteiger partial charge on any atom is 0.303 e. The van der Waals surface area contributed by atoms with E-state index in [1.807, 2.05) is 0 Å². The second-order valence-electron chi connectivity index (χ2n) is 1.92. The third kappa shape index (κ3) is 1.35. The highest BCUT2D eigenvalue weighted by Crippen LogP contribution is 2.24. The fourth-order valence-corrected chi connectivity index (χ4v) is 0.985. The third-order valence-electron chi connectivity index (χ3n) is 1.20. The molecular weight excluding hydrogens is 178 g/mol. The van der Waals surface area contributed by atoms with Gasteiger partial charge >= 0.3 is 5.69 Å². The second kappa shape index (κ2) is 3.19. The first kappa shape index (κ1) is 8.49. The van der Waals surface area contributed by atoms with Crippen LogP contribution in [0.4, 0.5) is 5.69 Å². The molecule has 0 amide bonds. The van der Waals surface area contributed by atoms with Crippen LogP contribution in [0.3, 0.4) is 0 Å². The molecule has 1 heterocycles. The minimum Gasteiger partial charge on any atom is -0.262 e. The molecule has 5 nitrogen and oxygen atoms in total. The van der Waals surface area contributed by atoms with Gasteiger partial charge in [0.05, 0.1) is 11.1 Å². The summed E-state index contributed by atoms with van der Waals surface area (Å²) < 4.78 is 0. The number of nitrogens with zero attached hydrogens (tertiary/aromatic N) is 3. The van der Waals surface area contributed by atoms with E-state index in [-0.39, 0.29) is 16.1 Å². The van der Waals surface area contributed by atoms with Crippen molar-refractivity contribution in [2.45, 2.75) is 4.90 Å². The first-order valence-corrected chi connectivity index (χ1v) is 3.33. The van der Waals surface area contributed by atoms with Crippen LogP contribution in [0.15, 0.2) is 17.3 Å². The highest BCUT2D eigenvalue weighted by molar-refractivity contribution is 7.80. The number of thiol groups is 1. The van der Waals surface area contributed by atoms with Crippen molar-refractivity contribution in [3.05, 3.63) is 28.1 Å². The monoisotopic (exact) mass is 181 g/mol. The number of aromatic nitrogens is 1. The molecule has 0 radical (unpaired) electrons. The summed E-state index contributed by atoms with van der Waals surface area (Å²) in [6.45, 7) is 0. The standard InChI is InChI=1S/C6H3N3O2S/c7-1-4-2-8-3-5(12)6(4)9(10)11/h2-3,12H. The SMILES string of the molecule is N#Cc1cncc(S)c1[N+](=O)[O-]. The third-order valence-corrected chi connectivity index (χ3v) is 1.53. The van der Waals surface area contributed by atoms with Crippen molar-refractivity contribution in [1.29, 1.82) is 5.26 Å². The molecule has 0 aliphatic heterocycles. The Bertz CT molecular complexity index is 372. The number of pyridine rings is 1. The van der Waals surface area contributed by atoms with E-state index >= 15 is 0 Å². The molecule has 0 fully saturated rings. The maximum absolute atomic E-state index is 10.4. The molecule has 60 valence electrons. The molecule has 0 bridgehead atoms. The number of hydrogen-bond acceptors (Lipinski definition) is 5. The highest BCUT2D eigenvalue weighted by Gasteiger charge is 2.17. The van der Waals surface area contributed by atoms with Crippen LogP contribution < -0.4 is 0 Å². The van der Waals surface area contributed by atoms with E-state index in [1.165, 1.54) is 6.20 Å². The van der Waals surface area contributed by atoms with Crippen LogP contribution in [-0.2, 0) is 0 Å². The largest absolute Gasteiger partial charge is 0.303 e. The number of nitro groups is 1. The van der Waals surface area contributed by atoms with Crippen LogP contribution in [0.5, 0.6) is 0 Å². The van der Waals surface area contributed by atoms with Crippen LogP contribution >= 0.6 is 12.6 Å². The molecule has 0 atom stereocenters. The predicted molar refractivity (Wildman–Crippen MR) is 42.9 cm³/mol. The smallest absolute Gasteiger partial charge is 0.262 e. The van der Waals surface area contributed by atoms with Crippen LogP contribution in [0.25, 0.3) is 0 Å². The van der Waals surface area contributed by atoms with E-state index in [4.69, 9.17) is 5.26 Å². The minimum atomic E-state index is -0.650. The first-order valence-electron chi connectivity index (χ1n) is 2.88. The molecule has 1 rings (SSSR count). The summed E-state index contributed by atoms with van der Waals surface area (Å²) in [6, 6.07) is 1.66. The lowest BCUT2D eigenvalue weighted by Gasteiger charge is -1.95. The lowest BCUT2D eigenvalue weighted by Crippen LogP contribution is -1.94. The van der Waals surface area contributed by atoms with Crippen LogP contribution in [-0.4, -0.2) is 9.91 Å². The molecule has 12 heavy (non-hydrogen) atoms. The zero-order valence-corrected chi connectivity index (χ0v) is 6.65. The first-order chi connectivity index (χ1) is 5.66. The Labute approximate surface area is 73.2 Å². The molecule has 1 aromatic heterocycles. The summed E-state index contributed by atoms with van der Waals surface area (Å²) in [4.78, 5) is 13.4. The van der Waals surface area contributed by atoms with Gasteiger partial charge in [-0.15, -0.1) is 12.6 Å². The Kier molecular flexibility index (Phi) is 2.26. The van der Waals surface area contributed by atoms with Crippen molar-refractivity contribution in [1.82, 2.24) is 4.98 Å². The molecule has 0 aliphatic carbocycles. The molecule has 0 saturated carbocycles. The Morgan fingerprint density at radius 1 is 1.67 bits per heavy atom. The molecule has 0 aliphatic rings. The summed E-state index contributed by atoms with van der Waals surface area (Å²) in [5.74, 6) is 0. The van der Waals surface area contributed by atoms with E-state index in [0.29, 0.717) is 0 Å². The molecule has 0 N–H and O–H groups in total. The maximum atomic E-state index is 10.4. The Balaban J connectivity index is 3.42. The summed E-state index contributed by atoms with van der Waals surface area (Å²) in [7, 11) is 0. The van der Waals surface area contributed by atoms with E-state index < -0.39 is 4.92 Å². The Hall–Kier alpha value is -1.61. The lowest BCUT2D eigenvalue weighted by molar-refractivity contribution is -0.388. The van der Waals surface area contributed by atoms with Crippen molar-refractivity contribution in [3.63, 3.8) is 0 Å². The topological polar surface area (TPSA) is 79.8 Å². The van der Waals surface area contributed by atoms with Crippen LogP contribution in [0.1, 0.15) is 5.56 Å². The van der Waals surface area contributed by atoms with Crippen LogP contribution in [0.2, 0.25) is 0 Å². The predicted octanol–water partition coefficient (Wildman–Crippen LogP) is 1.15. The minimum absolute atomic E-state index is 0.0764. The van der Waals surface area contributed by atoms with Crippen molar-refractivity contribution in [3.8, 4) is 6.07 Å². The average Bonchev–Trinajstić information content (AvgIpc) is 2.03. The van der Waals surface area contributed by atoms with Gasteiger partial charge in [-0.2, -0.15) is 5.26 Å². The van der Waals surface area contributed by atoms with Gasteiger partial charge < -0.3 is 0 Å². The molecule has 6 heteroatoms. The van der Waals surface area contributed by atoms with Crippen molar-refractivity contribution in [2.24, 2.45) is 0 Å². The lowest BCUT2D eigenvalue weighted by atomic mass is 10.2. The van der Waals surface area contributed by atoms with Gasteiger partial charge in [0.25, 0.3) is 0 Å². The van der Waals surface area contributed by atoms with Crippen molar-refractivity contribution in [2.75, 3.05) is 0 Å². The summed E-state index contributed by atoms with van der Waals surface area (Å²) in [6.07, 6.45) is 2.36. The zero-order valence-electron chi connectivity index (χ0n) is 5.76. The van der Waals surface area contributed by atoms with Gasteiger partial charge in [-0.05, 0) is 0 Å². The Morgan fingerprint density at radius 2 is 2.33 bits per heavy atom. The Morgan fingerprint density at radius 3 is 2.75 bits per heavy atom. The average molecular weight is 181 g/mol. The van der Waals surface area contributed by atoms with Gasteiger partial charge in [0.15, 0.2) is 0 Å². The van der Waals surface area contributed by atoms with Gasteiger partial charge in [-0.25, -0.2) is 0 Å². The van der Waals surface area contributed by atoms with Crippen molar-refractivity contribution < 1.29 is 4.92 Å². The molecule has 0 aromatic carbocycles.